The summed E-state index contributed by atoms with van der Waals surface area (Å²) in [6.07, 6.45) is 2.84. The molecule has 9 heteroatoms. The fourth-order valence-electron chi connectivity index (χ4n) is 1.53. The van der Waals surface area contributed by atoms with Crippen LogP contribution in [0.15, 0.2) is 36.9 Å². The molecule has 0 saturated carbocycles. The molecule has 8 nitrogen and oxygen atoms in total. The number of nitrogen functional groups attached to an aromatic ring is 1. The Labute approximate surface area is 118 Å². The van der Waals surface area contributed by atoms with Gasteiger partial charge in [-0.2, -0.15) is 24.7 Å². The minimum absolute atomic E-state index is 0.0695. The minimum Gasteiger partial charge on any atom is -0.368 e. The van der Waals surface area contributed by atoms with Crippen molar-refractivity contribution in [1.29, 1.82) is 0 Å². The number of hydrogen-bond acceptors (Lipinski definition) is 7. The van der Waals surface area contributed by atoms with Gasteiger partial charge >= 0.3 is 0 Å². The number of aromatic nitrogens is 6. The summed E-state index contributed by atoms with van der Waals surface area (Å²) in [5.41, 5.74) is 6.33. The number of rotatable bonds is 3. The van der Waals surface area contributed by atoms with Gasteiger partial charge in [0, 0.05) is 0 Å². The van der Waals surface area contributed by atoms with Gasteiger partial charge in [-0.25, -0.2) is 4.98 Å². The van der Waals surface area contributed by atoms with Crippen molar-refractivity contribution in [2.45, 2.75) is 0 Å². The second-order valence-electron chi connectivity index (χ2n) is 3.76. The first-order valence-corrected chi connectivity index (χ1v) is 5.98. The van der Waals surface area contributed by atoms with E-state index in [4.69, 9.17) is 17.3 Å². The van der Waals surface area contributed by atoms with Crippen molar-refractivity contribution in [3.8, 4) is 5.95 Å². The van der Waals surface area contributed by atoms with Gasteiger partial charge in [0.1, 0.15) is 12.7 Å². The van der Waals surface area contributed by atoms with Crippen LogP contribution in [-0.4, -0.2) is 29.7 Å². The first-order chi connectivity index (χ1) is 9.72. The van der Waals surface area contributed by atoms with Crippen LogP contribution in [0.2, 0.25) is 5.02 Å². The third kappa shape index (κ3) is 2.50. The van der Waals surface area contributed by atoms with Crippen LogP contribution >= 0.6 is 11.6 Å². The van der Waals surface area contributed by atoms with Crippen LogP contribution in [0.4, 0.5) is 17.6 Å². The Balaban J connectivity index is 1.97. The lowest BCUT2D eigenvalue weighted by molar-refractivity contribution is 0.800. The molecule has 20 heavy (non-hydrogen) atoms. The largest absolute Gasteiger partial charge is 0.368 e. The maximum atomic E-state index is 6.06. The Morgan fingerprint density at radius 3 is 2.75 bits per heavy atom. The van der Waals surface area contributed by atoms with Gasteiger partial charge in [0.15, 0.2) is 0 Å². The number of halogens is 1. The molecule has 3 aromatic rings. The van der Waals surface area contributed by atoms with E-state index in [-0.39, 0.29) is 17.8 Å². The second-order valence-corrected chi connectivity index (χ2v) is 4.17. The van der Waals surface area contributed by atoms with E-state index < -0.39 is 0 Å². The lowest BCUT2D eigenvalue weighted by Crippen LogP contribution is -2.09. The van der Waals surface area contributed by atoms with E-state index in [2.05, 4.69) is 30.4 Å². The summed E-state index contributed by atoms with van der Waals surface area (Å²) >= 11 is 6.06. The van der Waals surface area contributed by atoms with Gasteiger partial charge in [0.2, 0.25) is 11.9 Å². The Morgan fingerprint density at radius 1 is 1.15 bits per heavy atom. The van der Waals surface area contributed by atoms with Gasteiger partial charge in [0.25, 0.3) is 5.95 Å². The predicted octanol–water partition coefficient (Wildman–Crippen LogP) is 1.43. The zero-order chi connectivity index (χ0) is 13.9. The summed E-state index contributed by atoms with van der Waals surface area (Å²) in [6, 6.07) is 7.23. The molecule has 0 aliphatic rings. The van der Waals surface area contributed by atoms with Crippen LogP contribution in [0.25, 0.3) is 5.95 Å². The van der Waals surface area contributed by atoms with Crippen molar-refractivity contribution in [2.75, 3.05) is 11.1 Å². The molecular formula is C11H9ClN8. The maximum Gasteiger partial charge on any atom is 0.258 e. The Kier molecular flexibility index (Phi) is 3.13. The van der Waals surface area contributed by atoms with Crippen molar-refractivity contribution in [1.82, 2.24) is 29.7 Å². The molecule has 0 bridgehead atoms. The first kappa shape index (κ1) is 12.3. The maximum absolute atomic E-state index is 6.06. The highest BCUT2D eigenvalue weighted by atomic mass is 35.5. The number of nitrogens with zero attached hydrogens (tertiary/aromatic N) is 6. The summed E-state index contributed by atoms with van der Waals surface area (Å²) in [4.78, 5) is 16.0. The molecule has 2 heterocycles. The molecule has 0 aliphatic heterocycles. The minimum atomic E-state index is 0.0695. The third-order valence-electron chi connectivity index (χ3n) is 2.38. The fourth-order valence-corrected chi connectivity index (χ4v) is 1.72. The van der Waals surface area contributed by atoms with Gasteiger partial charge in [-0.3, -0.25) is 0 Å². The van der Waals surface area contributed by atoms with Crippen molar-refractivity contribution >= 4 is 29.2 Å². The topological polar surface area (TPSA) is 107 Å². The number of hydrogen-bond donors (Lipinski definition) is 2. The molecule has 0 spiro atoms. The second kappa shape index (κ2) is 5.10. The van der Waals surface area contributed by atoms with Crippen molar-refractivity contribution in [3.63, 3.8) is 0 Å². The fraction of sp³-hybridized carbons (Fsp3) is 0. The van der Waals surface area contributed by atoms with Gasteiger partial charge in [-0.15, -0.1) is 0 Å². The van der Waals surface area contributed by atoms with Crippen LogP contribution in [0.3, 0.4) is 0 Å². The quantitative estimate of drug-likeness (QED) is 0.750. The summed E-state index contributed by atoms with van der Waals surface area (Å²) in [7, 11) is 0. The number of anilines is 3. The zero-order valence-electron chi connectivity index (χ0n) is 10.1. The molecule has 3 rings (SSSR count). The molecule has 1 aromatic carbocycles. The van der Waals surface area contributed by atoms with Crippen LogP contribution in [-0.2, 0) is 0 Å². The average Bonchev–Trinajstić information content (AvgIpc) is 2.95. The first-order valence-electron chi connectivity index (χ1n) is 5.60. The average molecular weight is 289 g/mol. The Morgan fingerprint density at radius 2 is 2.00 bits per heavy atom. The van der Waals surface area contributed by atoms with Crippen LogP contribution < -0.4 is 11.1 Å². The standard InChI is InChI=1S/C11H9ClN8/c12-7-3-1-2-4-8(7)16-10-17-9(13)18-11(19-10)20-6-14-5-15-20/h1-6H,(H3,13,16,17,18,19). The Hall–Kier alpha value is -2.74. The molecule has 0 fully saturated rings. The molecule has 3 N–H and O–H groups in total. The van der Waals surface area contributed by atoms with Crippen LogP contribution in [0.1, 0.15) is 0 Å². The van der Waals surface area contributed by atoms with E-state index >= 15 is 0 Å². The van der Waals surface area contributed by atoms with Gasteiger partial charge in [-0.05, 0) is 12.1 Å². The highest BCUT2D eigenvalue weighted by molar-refractivity contribution is 6.33. The van der Waals surface area contributed by atoms with Crippen LogP contribution in [0.5, 0.6) is 0 Å². The molecule has 0 amide bonds. The van der Waals surface area contributed by atoms with Crippen LogP contribution in [0, 0.1) is 0 Å². The summed E-state index contributed by atoms with van der Waals surface area (Å²) in [6.45, 7) is 0. The summed E-state index contributed by atoms with van der Waals surface area (Å²) in [5.74, 6) is 0.612. The van der Waals surface area contributed by atoms with E-state index in [1.165, 1.54) is 17.3 Å². The Bertz CT molecular complexity index is 727. The monoisotopic (exact) mass is 288 g/mol. The lowest BCUT2D eigenvalue weighted by Gasteiger charge is -2.08. The number of para-hydroxylation sites is 1. The van der Waals surface area contributed by atoms with Crippen molar-refractivity contribution in [2.24, 2.45) is 0 Å². The van der Waals surface area contributed by atoms with E-state index in [0.717, 1.165) is 0 Å². The highest BCUT2D eigenvalue weighted by Crippen LogP contribution is 2.23. The molecule has 0 unspecified atom stereocenters. The van der Waals surface area contributed by atoms with E-state index in [1.807, 2.05) is 12.1 Å². The van der Waals surface area contributed by atoms with Crippen molar-refractivity contribution in [3.05, 3.63) is 41.9 Å². The van der Waals surface area contributed by atoms with Gasteiger partial charge in [0.05, 0.1) is 10.7 Å². The predicted molar refractivity (Wildman–Crippen MR) is 73.9 cm³/mol. The third-order valence-corrected chi connectivity index (χ3v) is 2.71. The molecule has 0 aliphatic carbocycles. The number of nitrogens with two attached hydrogens (primary N) is 1. The summed E-state index contributed by atoms with van der Waals surface area (Å²) < 4.78 is 1.38. The molecular weight excluding hydrogens is 280 g/mol. The number of benzene rings is 1. The molecule has 0 saturated heterocycles. The van der Waals surface area contributed by atoms with E-state index in [1.54, 1.807) is 12.1 Å². The van der Waals surface area contributed by atoms with Gasteiger partial charge < -0.3 is 11.1 Å². The molecule has 0 radical (unpaired) electrons. The van der Waals surface area contributed by atoms with Gasteiger partial charge in [-0.1, -0.05) is 23.7 Å². The lowest BCUT2D eigenvalue weighted by atomic mass is 10.3. The zero-order valence-corrected chi connectivity index (χ0v) is 10.9. The number of nitrogens with one attached hydrogen (secondary N) is 1. The smallest absolute Gasteiger partial charge is 0.258 e. The van der Waals surface area contributed by atoms with Crippen molar-refractivity contribution < 1.29 is 0 Å². The molecule has 0 atom stereocenters. The van der Waals surface area contributed by atoms with E-state index in [0.29, 0.717) is 10.7 Å². The SMILES string of the molecule is Nc1nc(Nc2ccccc2Cl)nc(-n2cncn2)n1. The highest BCUT2D eigenvalue weighted by Gasteiger charge is 2.08. The normalized spacial score (nSPS) is 10.4. The molecule has 2 aromatic heterocycles. The summed E-state index contributed by atoms with van der Waals surface area (Å²) in [5, 5.41) is 7.47. The molecule has 100 valence electrons. The van der Waals surface area contributed by atoms with E-state index in [9.17, 15) is 0 Å².